The molecule has 3 aromatic carbocycles. The van der Waals surface area contributed by atoms with E-state index in [4.69, 9.17) is 0 Å². The van der Waals surface area contributed by atoms with Gasteiger partial charge in [-0.15, -0.1) is 0 Å². The molecule has 1 aliphatic heterocycles. The summed E-state index contributed by atoms with van der Waals surface area (Å²) in [7, 11) is 2.23. The quantitative estimate of drug-likeness (QED) is 0.590. The number of fused-ring (bicyclic) bond motifs is 1. The van der Waals surface area contributed by atoms with Crippen molar-refractivity contribution in [3.05, 3.63) is 107 Å². The molecular weight excluding hydrogens is 340 g/mol. The first kappa shape index (κ1) is 18.9. The van der Waals surface area contributed by atoms with Crippen molar-refractivity contribution in [3.63, 3.8) is 0 Å². The lowest BCUT2D eigenvalue weighted by atomic mass is 9.90. The lowest BCUT2D eigenvalue weighted by Gasteiger charge is -2.38. The minimum atomic E-state index is 0.572. The van der Waals surface area contributed by atoms with E-state index in [0.29, 0.717) is 6.04 Å². The Hall–Kier alpha value is -2.42. The van der Waals surface area contributed by atoms with Crippen LogP contribution in [0.5, 0.6) is 0 Å². The van der Waals surface area contributed by atoms with E-state index in [2.05, 4.69) is 102 Å². The lowest BCUT2D eigenvalue weighted by Crippen LogP contribution is -2.45. The van der Waals surface area contributed by atoms with Gasteiger partial charge >= 0.3 is 0 Å². The van der Waals surface area contributed by atoms with Gasteiger partial charge < -0.3 is 4.90 Å². The highest BCUT2D eigenvalue weighted by molar-refractivity contribution is 5.31. The summed E-state index contributed by atoms with van der Waals surface area (Å²) < 4.78 is 0. The van der Waals surface area contributed by atoms with Crippen molar-refractivity contribution in [2.24, 2.45) is 0 Å². The summed E-state index contributed by atoms with van der Waals surface area (Å²) in [6, 6.07) is 31.3. The van der Waals surface area contributed by atoms with E-state index in [1.165, 1.54) is 22.3 Å². The molecule has 0 saturated heterocycles. The molecule has 0 bridgehead atoms. The molecule has 1 heterocycles. The summed E-state index contributed by atoms with van der Waals surface area (Å²) in [5.74, 6) is 0. The molecule has 0 radical (unpaired) electrons. The van der Waals surface area contributed by atoms with Crippen LogP contribution < -0.4 is 0 Å². The molecule has 0 saturated carbocycles. The summed E-state index contributed by atoms with van der Waals surface area (Å²) >= 11 is 0. The zero-order chi connectivity index (χ0) is 19.2. The number of nitrogens with zero attached hydrogens (tertiary/aromatic N) is 2. The maximum atomic E-state index is 2.69. The number of hydrogen-bond acceptors (Lipinski definition) is 2. The maximum absolute atomic E-state index is 2.69. The van der Waals surface area contributed by atoms with Crippen molar-refractivity contribution in [2.45, 2.75) is 32.0 Å². The summed E-state index contributed by atoms with van der Waals surface area (Å²) in [6.45, 7) is 4.26. The van der Waals surface area contributed by atoms with Crippen LogP contribution in [0.2, 0.25) is 0 Å². The van der Waals surface area contributed by atoms with Crippen LogP contribution in [-0.4, -0.2) is 36.0 Å². The number of benzene rings is 3. The summed E-state index contributed by atoms with van der Waals surface area (Å²) in [5.41, 5.74) is 5.85. The molecule has 0 amide bonds. The molecule has 0 spiro atoms. The Balaban J connectivity index is 1.43. The van der Waals surface area contributed by atoms with Crippen LogP contribution in [0.1, 0.15) is 22.3 Å². The van der Waals surface area contributed by atoms with Crippen molar-refractivity contribution in [2.75, 3.05) is 20.1 Å². The molecule has 4 rings (SSSR count). The lowest BCUT2D eigenvalue weighted by molar-refractivity contribution is 0.147. The molecule has 0 aromatic heterocycles. The van der Waals surface area contributed by atoms with Gasteiger partial charge in [0.05, 0.1) is 0 Å². The van der Waals surface area contributed by atoms with Crippen LogP contribution in [0.25, 0.3) is 0 Å². The van der Waals surface area contributed by atoms with Crippen molar-refractivity contribution in [1.29, 1.82) is 0 Å². The molecule has 3 aromatic rings. The van der Waals surface area contributed by atoms with Crippen LogP contribution in [0.3, 0.4) is 0 Å². The third kappa shape index (κ3) is 4.89. The van der Waals surface area contributed by atoms with Crippen molar-refractivity contribution in [3.8, 4) is 0 Å². The molecule has 2 nitrogen and oxygen atoms in total. The van der Waals surface area contributed by atoms with Gasteiger partial charge in [-0.05, 0) is 42.1 Å². The molecule has 0 aliphatic carbocycles. The fraction of sp³-hybridized carbons (Fsp3) is 0.308. The number of hydrogen-bond donors (Lipinski definition) is 0. The minimum Gasteiger partial charge on any atom is -0.301 e. The first-order valence-corrected chi connectivity index (χ1v) is 10.3. The standard InChI is InChI=1S/C26H30N2/c1-27(20-23-12-6-3-7-13-23)16-17-28-21-25-15-9-8-14-24(25)19-26(28)18-22-10-4-2-5-11-22/h2-15,26H,16-21H2,1H3. The smallest absolute Gasteiger partial charge is 0.0240 e. The van der Waals surface area contributed by atoms with Crippen LogP contribution >= 0.6 is 0 Å². The molecule has 2 heteroatoms. The van der Waals surface area contributed by atoms with Gasteiger partial charge in [0.1, 0.15) is 0 Å². The van der Waals surface area contributed by atoms with Gasteiger partial charge in [-0.2, -0.15) is 0 Å². The van der Waals surface area contributed by atoms with Crippen LogP contribution in [0.15, 0.2) is 84.9 Å². The fourth-order valence-electron chi connectivity index (χ4n) is 4.26. The molecule has 1 aliphatic rings. The third-order valence-electron chi connectivity index (χ3n) is 5.84. The van der Waals surface area contributed by atoms with Crippen LogP contribution in [-0.2, 0) is 25.9 Å². The Labute approximate surface area is 169 Å². The highest BCUT2D eigenvalue weighted by Gasteiger charge is 2.26. The van der Waals surface area contributed by atoms with E-state index >= 15 is 0 Å². The van der Waals surface area contributed by atoms with Gasteiger partial charge in [-0.3, -0.25) is 4.90 Å². The Morgan fingerprint density at radius 1 is 0.786 bits per heavy atom. The highest BCUT2D eigenvalue weighted by Crippen LogP contribution is 2.25. The minimum absolute atomic E-state index is 0.572. The SMILES string of the molecule is CN(CCN1Cc2ccccc2CC1Cc1ccccc1)Cc1ccccc1. The van der Waals surface area contributed by atoms with Crippen LogP contribution in [0, 0.1) is 0 Å². The Morgan fingerprint density at radius 2 is 1.39 bits per heavy atom. The molecule has 0 N–H and O–H groups in total. The Kier molecular flexibility index (Phi) is 6.20. The zero-order valence-corrected chi connectivity index (χ0v) is 16.8. The summed E-state index contributed by atoms with van der Waals surface area (Å²) in [6.07, 6.45) is 2.27. The van der Waals surface area contributed by atoms with E-state index in [1.54, 1.807) is 0 Å². The van der Waals surface area contributed by atoms with Crippen molar-refractivity contribution in [1.82, 2.24) is 9.80 Å². The molecule has 1 atom stereocenters. The van der Waals surface area contributed by atoms with Crippen molar-refractivity contribution < 1.29 is 0 Å². The molecule has 144 valence electrons. The Bertz CT molecular complexity index is 860. The highest BCUT2D eigenvalue weighted by atomic mass is 15.2. The van der Waals surface area contributed by atoms with Gasteiger partial charge in [-0.1, -0.05) is 84.9 Å². The van der Waals surface area contributed by atoms with Gasteiger partial charge in [0, 0.05) is 32.2 Å². The molecular formula is C26H30N2. The number of rotatable bonds is 7. The second-order valence-electron chi connectivity index (χ2n) is 8.01. The third-order valence-corrected chi connectivity index (χ3v) is 5.84. The van der Waals surface area contributed by atoms with E-state index in [1.807, 2.05) is 0 Å². The predicted molar refractivity (Wildman–Crippen MR) is 117 cm³/mol. The maximum Gasteiger partial charge on any atom is 0.0240 e. The normalized spacial score (nSPS) is 16.9. The molecule has 0 fully saturated rings. The average Bonchev–Trinajstić information content (AvgIpc) is 2.74. The second-order valence-corrected chi connectivity index (χ2v) is 8.01. The van der Waals surface area contributed by atoms with E-state index in [-0.39, 0.29) is 0 Å². The monoisotopic (exact) mass is 370 g/mol. The number of likely N-dealkylation sites (N-methyl/N-ethyl adjacent to an activating group) is 1. The molecule has 28 heavy (non-hydrogen) atoms. The first-order chi connectivity index (χ1) is 13.8. The Morgan fingerprint density at radius 3 is 2.11 bits per heavy atom. The predicted octanol–water partition coefficient (Wildman–Crippen LogP) is 4.79. The van der Waals surface area contributed by atoms with E-state index in [0.717, 1.165) is 39.0 Å². The molecule has 1 unspecified atom stereocenters. The van der Waals surface area contributed by atoms with Gasteiger partial charge in [0.2, 0.25) is 0 Å². The second kappa shape index (κ2) is 9.18. The van der Waals surface area contributed by atoms with Crippen molar-refractivity contribution >= 4 is 0 Å². The summed E-state index contributed by atoms with van der Waals surface area (Å²) in [4.78, 5) is 5.13. The average molecular weight is 371 g/mol. The van der Waals surface area contributed by atoms with E-state index in [9.17, 15) is 0 Å². The van der Waals surface area contributed by atoms with Gasteiger partial charge in [-0.25, -0.2) is 0 Å². The first-order valence-electron chi connectivity index (χ1n) is 10.3. The van der Waals surface area contributed by atoms with Gasteiger partial charge in [0.15, 0.2) is 0 Å². The van der Waals surface area contributed by atoms with E-state index < -0.39 is 0 Å². The fourth-order valence-corrected chi connectivity index (χ4v) is 4.26. The largest absolute Gasteiger partial charge is 0.301 e. The van der Waals surface area contributed by atoms with Gasteiger partial charge in [0.25, 0.3) is 0 Å². The zero-order valence-electron chi connectivity index (χ0n) is 16.8. The topological polar surface area (TPSA) is 6.48 Å². The summed E-state index contributed by atoms with van der Waals surface area (Å²) in [5, 5.41) is 0. The van der Waals surface area contributed by atoms with Crippen LogP contribution in [0.4, 0.5) is 0 Å².